The monoisotopic (exact) mass is 177 g/mol. The van der Waals surface area contributed by atoms with Gasteiger partial charge in [-0.1, -0.05) is 12.1 Å². The molecule has 1 aromatic rings. The number of hydrogen-bond acceptors (Lipinski definition) is 2. The van der Waals surface area contributed by atoms with E-state index >= 15 is 0 Å². The van der Waals surface area contributed by atoms with E-state index in [1.54, 1.807) is 6.29 Å². The molecule has 1 rings (SSSR count). The molecule has 2 heteroatoms. The zero-order valence-electron chi connectivity index (χ0n) is 8.18. The largest absolute Gasteiger partial charge is 0.485 e. The highest BCUT2D eigenvalue weighted by Crippen LogP contribution is 2.25. The molecule has 0 spiro atoms. The molecular formula is C11H13O2. The van der Waals surface area contributed by atoms with Crippen molar-refractivity contribution in [3.8, 4) is 5.75 Å². The number of carbonyl (C=O) groups excluding carboxylic acids is 1. The first-order valence-corrected chi connectivity index (χ1v) is 4.21. The molecule has 69 valence electrons. The third-order valence-electron chi connectivity index (χ3n) is 2.15. The van der Waals surface area contributed by atoms with Crippen LogP contribution in [0.2, 0.25) is 0 Å². The van der Waals surface area contributed by atoms with Crippen molar-refractivity contribution < 1.29 is 9.53 Å². The van der Waals surface area contributed by atoms with Crippen LogP contribution in [0.3, 0.4) is 0 Å². The first kappa shape index (κ1) is 9.78. The van der Waals surface area contributed by atoms with Gasteiger partial charge in [-0.2, -0.15) is 0 Å². The fourth-order valence-corrected chi connectivity index (χ4v) is 1.25. The van der Waals surface area contributed by atoms with Crippen LogP contribution in [0.5, 0.6) is 5.75 Å². The second-order valence-electron chi connectivity index (χ2n) is 3.09. The summed E-state index contributed by atoms with van der Waals surface area (Å²) in [5, 5.41) is 0. The first-order chi connectivity index (χ1) is 6.16. The highest BCUT2D eigenvalue weighted by Gasteiger charge is 2.05. The maximum atomic E-state index is 10.0. The molecule has 0 aromatic heterocycles. The van der Waals surface area contributed by atoms with Crippen molar-refractivity contribution in [1.82, 2.24) is 0 Å². The maximum Gasteiger partial charge on any atom is 0.239 e. The molecular weight excluding hydrogens is 164 g/mol. The summed E-state index contributed by atoms with van der Waals surface area (Å²) in [5.41, 5.74) is 3.32. The molecule has 0 heterocycles. The summed E-state index contributed by atoms with van der Waals surface area (Å²) in [6.45, 7) is 5.98. The predicted octanol–water partition coefficient (Wildman–Crippen LogP) is 2.10. The van der Waals surface area contributed by atoms with Crippen LogP contribution in [0, 0.1) is 20.8 Å². The van der Waals surface area contributed by atoms with Crippen LogP contribution in [0.15, 0.2) is 12.1 Å². The zero-order chi connectivity index (χ0) is 9.84. The quantitative estimate of drug-likeness (QED) is 0.706. The predicted molar refractivity (Wildman–Crippen MR) is 51.8 cm³/mol. The number of rotatable bonds is 3. The van der Waals surface area contributed by atoms with Gasteiger partial charge in [0, 0.05) is 0 Å². The summed E-state index contributed by atoms with van der Waals surface area (Å²) in [6.07, 6.45) is 1.72. The van der Waals surface area contributed by atoms with Crippen LogP contribution in [0.4, 0.5) is 0 Å². The highest BCUT2D eigenvalue weighted by molar-refractivity contribution is 5.53. The van der Waals surface area contributed by atoms with E-state index < -0.39 is 0 Å². The van der Waals surface area contributed by atoms with Gasteiger partial charge in [-0.25, -0.2) is 0 Å². The lowest BCUT2D eigenvalue weighted by Gasteiger charge is -2.11. The lowest BCUT2D eigenvalue weighted by Crippen LogP contribution is -2.01. The maximum absolute atomic E-state index is 10.0. The van der Waals surface area contributed by atoms with Crippen molar-refractivity contribution in [3.63, 3.8) is 0 Å². The lowest BCUT2D eigenvalue weighted by atomic mass is 10.1. The average molecular weight is 177 g/mol. The Kier molecular flexibility index (Phi) is 3.07. The Balaban J connectivity index is 3.02. The molecule has 0 fully saturated rings. The Bertz CT molecular complexity index is 316. The number of hydrogen-bond donors (Lipinski definition) is 0. The molecule has 1 aromatic carbocycles. The summed E-state index contributed by atoms with van der Waals surface area (Å²) < 4.78 is 5.27. The van der Waals surface area contributed by atoms with Gasteiger partial charge in [-0.15, -0.1) is 0 Å². The van der Waals surface area contributed by atoms with Gasteiger partial charge in [0.25, 0.3) is 0 Å². The molecule has 2 nitrogen and oxygen atoms in total. The Morgan fingerprint density at radius 3 is 2.46 bits per heavy atom. The van der Waals surface area contributed by atoms with Crippen LogP contribution in [0.1, 0.15) is 16.7 Å². The molecule has 0 N–H and O–H groups in total. The molecule has 13 heavy (non-hydrogen) atoms. The molecule has 0 bridgehead atoms. The van der Waals surface area contributed by atoms with E-state index in [-0.39, 0.29) is 6.61 Å². The van der Waals surface area contributed by atoms with E-state index in [1.807, 2.05) is 32.9 Å². The van der Waals surface area contributed by atoms with Crippen molar-refractivity contribution in [2.24, 2.45) is 0 Å². The topological polar surface area (TPSA) is 26.3 Å². The van der Waals surface area contributed by atoms with Crippen molar-refractivity contribution >= 4 is 6.29 Å². The summed E-state index contributed by atoms with van der Waals surface area (Å²) in [4.78, 5) is 10.0. The smallest absolute Gasteiger partial charge is 0.239 e. The molecule has 0 unspecified atom stereocenters. The zero-order valence-corrected chi connectivity index (χ0v) is 8.18. The van der Waals surface area contributed by atoms with Gasteiger partial charge in [-0.3, -0.25) is 4.79 Å². The van der Waals surface area contributed by atoms with Crippen LogP contribution in [0.25, 0.3) is 0 Å². The average Bonchev–Trinajstić information content (AvgIpc) is 2.12. The number of aryl methyl sites for hydroxylation is 2. The standard InChI is InChI=1S/C11H13O2/c1-8-4-5-9(2)11(10(8)3)13-7-6-12/h4-5H,7H2,1-3H3. The van der Waals surface area contributed by atoms with E-state index in [9.17, 15) is 4.79 Å². The van der Waals surface area contributed by atoms with Gasteiger partial charge < -0.3 is 4.74 Å². The van der Waals surface area contributed by atoms with E-state index in [1.165, 1.54) is 5.56 Å². The van der Waals surface area contributed by atoms with Crippen molar-refractivity contribution in [2.45, 2.75) is 20.8 Å². The van der Waals surface area contributed by atoms with Gasteiger partial charge >= 0.3 is 0 Å². The minimum Gasteiger partial charge on any atom is -0.485 e. The van der Waals surface area contributed by atoms with Crippen LogP contribution in [-0.4, -0.2) is 12.9 Å². The normalized spacial score (nSPS) is 9.77. The Labute approximate surface area is 78.5 Å². The van der Waals surface area contributed by atoms with Gasteiger partial charge in [0.1, 0.15) is 5.75 Å². The van der Waals surface area contributed by atoms with Crippen molar-refractivity contribution in [3.05, 3.63) is 28.8 Å². The van der Waals surface area contributed by atoms with Gasteiger partial charge in [0.15, 0.2) is 6.61 Å². The van der Waals surface area contributed by atoms with E-state index in [2.05, 4.69) is 0 Å². The lowest BCUT2D eigenvalue weighted by molar-refractivity contribution is 0.360. The van der Waals surface area contributed by atoms with Gasteiger partial charge in [0.05, 0.1) is 0 Å². The molecule has 0 saturated heterocycles. The summed E-state index contributed by atoms with van der Waals surface area (Å²) in [7, 11) is 0. The van der Waals surface area contributed by atoms with E-state index in [0.29, 0.717) is 0 Å². The van der Waals surface area contributed by atoms with Crippen LogP contribution >= 0.6 is 0 Å². The number of benzene rings is 1. The molecule has 0 aliphatic rings. The molecule has 0 saturated carbocycles. The molecule has 0 aliphatic heterocycles. The van der Waals surface area contributed by atoms with Gasteiger partial charge in [-0.05, 0) is 37.5 Å². The molecule has 0 aliphatic carbocycles. The molecule has 0 amide bonds. The third-order valence-corrected chi connectivity index (χ3v) is 2.15. The Morgan fingerprint density at radius 1 is 1.23 bits per heavy atom. The second-order valence-corrected chi connectivity index (χ2v) is 3.09. The summed E-state index contributed by atoms with van der Waals surface area (Å²) in [5.74, 6) is 0.809. The van der Waals surface area contributed by atoms with E-state index in [4.69, 9.17) is 4.74 Å². The molecule has 1 radical (unpaired) electrons. The third kappa shape index (κ3) is 2.08. The molecule has 0 atom stereocenters. The highest BCUT2D eigenvalue weighted by atomic mass is 16.5. The van der Waals surface area contributed by atoms with Crippen LogP contribution < -0.4 is 4.74 Å². The first-order valence-electron chi connectivity index (χ1n) is 4.21. The summed E-state index contributed by atoms with van der Waals surface area (Å²) in [6, 6.07) is 4.03. The number of ether oxygens (including phenoxy) is 1. The minimum atomic E-state index is 0.00509. The SMILES string of the molecule is Cc1ccc(C)c(OC[C]=O)c1C. The van der Waals surface area contributed by atoms with Crippen molar-refractivity contribution in [1.29, 1.82) is 0 Å². The fraction of sp³-hybridized carbons (Fsp3) is 0.364. The fourth-order valence-electron chi connectivity index (χ4n) is 1.25. The Hall–Kier alpha value is -1.31. The van der Waals surface area contributed by atoms with Gasteiger partial charge in [0.2, 0.25) is 6.29 Å². The van der Waals surface area contributed by atoms with E-state index in [0.717, 1.165) is 16.9 Å². The minimum absolute atomic E-state index is 0.00509. The Morgan fingerprint density at radius 2 is 1.85 bits per heavy atom. The summed E-state index contributed by atoms with van der Waals surface area (Å²) >= 11 is 0. The van der Waals surface area contributed by atoms with Crippen molar-refractivity contribution in [2.75, 3.05) is 6.61 Å². The van der Waals surface area contributed by atoms with Crippen LogP contribution in [-0.2, 0) is 4.79 Å². The second kappa shape index (κ2) is 4.08.